The van der Waals surface area contributed by atoms with Crippen molar-refractivity contribution >= 4 is 35.1 Å². The van der Waals surface area contributed by atoms with E-state index in [1.807, 2.05) is 0 Å². The third-order valence-electron chi connectivity index (χ3n) is 6.77. The fraction of sp³-hybridized carbons (Fsp3) is 0.346. The molecule has 0 amide bonds. The minimum atomic E-state index is -4.28. The van der Waals surface area contributed by atoms with Crippen molar-refractivity contribution in [2.45, 2.75) is 54.9 Å². The van der Waals surface area contributed by atoms with Gasteiger partial charge in [-0.1, -0.05) is 0 Å². The van der Waals surface area contributed by atoms with E-state index in [2.05, 4.69) is 85.8 Å². The van der Waals surface area contributed by atoms with E-state index in [0.29, 0.717) is 0 Å². The van der Waals surface area contributed by atoms with Gasteiger partial charge in [0.1, 0.15) is 0 Å². The van der Waals surface area contributed by atoms with Gasteiger partial charge in [-0.15, -0.1) is 0 Å². The number of hydrogen-bond acceptors (Lipinski definition) is 0. The van der Waals surface area contributed by atoms with E-state index in [4.69, 9.17) is 18.6 Å². The van der Waals surface area contributed by atoms with Crippen molar-refractivity contribution in [3.05, 3.63) is 81.9 Å². The Morgan fingerprint density at radius 1 is 0.759 bits per heavy atom. The van der Waals surface area contributed by atoms with Gasteiger partial charge in [-0.2, -0.15) is 0 Å². The van der Waals surface area contributed by atoms with Gasteiger partial charge >= 0.3 is 185 Å². The summed E-state index contributed by atoms with van der Waals surface area (Å²) in [5.74, 6) is 0. The third kappa shape index (κ3) is 3.37. The van der Waals surface area contributed by atoms with Crippen LogP contribution in [0.1, 0.15) is 77.2 Å². The van der Waals surface area contributed by atoms with E-state index in [0.717, 1.165) is 25.7 Å². The Kier molecular flexibility index (Phi) is 5.86. The Labute approximate surface area is 183 Å². The quantitative estimate of drug-likeness (QED) is 0.378. The first kappa shape index (κ1) is 21.3. The fourth-order valence-electron chi connectivity index (χ4n) is 5.59. The van der Waals surface area contributed by atoms with Crippen molar-refractivity contribution in [2.75, 3.05) is 0 Å². The molecule has 0 saturated heterocycles. The van der Waals surface area contributed by atoms with Gasteiger partial charge in [-0.3, -0.25) is 0 Å². The summed E-state index contributed by atoms with van der Waals surface area (Å²) in [4.78, 5) is 0. The van der Waals surface area contributed by atoms with Crippen LogP contribution in [0.15, 0.2) is 59.7 Å². The molecule has 0 N–H and O–H groups in total. The Morgan fingerprint density at radius 2 is 1.17 bits per heavy atom. The number of allylic oxidation sites excluding steroid dienone is 2. The summed E-state index contributed by atoms with van der Waals surface area (Å²) in [5.41, 5.74) is 8.11. The van der Waals surface area contributed by atoms with Crippen molar-refractivity contribution in [1.29, 1.82) is 0 Å². The molecule has 4 rings (SSSR count). The Morgan fingerprint density at radius 3 is 1.55 bits per heavy atom. The predicted octanol–water partition coefficient (Wildman–Crippen LogP) is 8.68. The molecular weight excluding hydrogens is 431 g/mol. The predicted molar refractivity (Wildman–Crippen MR) is 128 cm³/mol. The molecule has 0 heterocycles. The standard InChI is InChI=1S/2C12H13.C2H4.2ClH.Ti/c2*1-2-5-10-8-11-6-3-4-7-12(11)9-10;1-2;;;/h2*3-4,6-9H,2,5H2,1H3;1H,2H3;2*1H;/q;;;;;+2/p-2. The topological polar surface area (TPSA) is 0 Å². The van der Waals surface area contributed by atoms with Crippen LogP contribution in [0.4, 0.5) is 0 Å². The van der Waals surface area contributed by atoms with E-state index >= 15 is 0 Å². The van der Waals surface area contributed by atoms with E-state index in [-0.39, 0.29) is 8.45 Å². The molecule has 0 spiro atoms. The van der Waals surface area contributed by atoms with Crippen molar-refractivity contribution in [3.63, 3.8) is 0 Å². The second kappa shape index (κ2) is 7.97. The zero-order valence-electron chi connectivity index (χ0n) is 17.6. The Hall–Kier alpha value is -0.916. The molecule has 0 saturated carbocycles. The number of hydrogen-bond donors (Lipinski definition) is 0. The maximum absolute atomic E-state index is 7.93. The summed E-state index contributed by atoms with van der Waals surface area (Å²) in [6.45, 7) is 6.61. The average molecular weight is 461 g/mol. The summed E-state index contributed by atoms with van der Waals surface area (Å²) in [6, 6.07) is 17.4. The van der Waals surface area contributed by atoms with Crippen LogP contribution in [0.2, 0.25) is 0 Å². The van der Waals surface area contributed by atoms with Gasteiger partial charge in [-0.25, -0.2) is 0 Å². The van der Waals surface area contributed by atoms with Gasteiger partial charge in [-0.05, 0) is 0 Å². The summed E-state index contributed by atoms with van der Waals surface area (Å²) < 4.78 is 2.52. The van der Waals surface area contributed by atoms with Gasteiger partial charge in [0.2, 0.25) is 0 Å². The molecule has 2 aromatic carbocycles. The molecule has 3 heteroatoms. The zero-order valence-corrected chi connectivity index (χ0v) is 20.7. The van der Waals surface area contributed by atoms with Gasteiger partial charge < -0.3 is 0 Å². The maximum atomic E-state index is 7.93. The number of fused-ring (bicyclic) bond motifs is 2. The fourth-order valence-corrected chi connectivity index (χ4v) is 17.0. The summed E-state index contributed by atoms with van der Waals surface area (Å²) in [7, 11) is 15.9. The molecule has 2 aliphatic carbocycles. The first-order chi connectivity index (χ1) is 13.9. The number of halogens is 2. The van der Waals surface area contributed by atoms with Crippen molar-refractivity contribution in [1.82, 2.24) is 0 Å². The molecule has 2 atom stereocenters. The normalized spacial score (nSPS) is 20.8. The van der Waals surface area contributed by atoms with Crippen LogP contribution in [0.3, 0.4) is 0 Å². The van der Waals surface area contributed by atoms with Crippen LogP contribution in [-0.4, -0.2) is 4.31 Å². The van der Waals surface area contributed by atoms with Gasteiger partial charge in [0.05, 0.1) is 0 Å². The summed E-state index contributed by atoms with van der Waals surface area (Å²) >= 11 is -4.28. The SMILES string of the molecule is C[CH]=[Ti]([Cl])([Cl])([CH]1C(CCC)=Cc2ccccc21)[CH]1C(CCC)=Cc2ccccc21. The molecule has 0 fully saturated rings. The van der Waals surface area contributed by atoms with E-state index in [9.17, 15) is 0 Å². The van der Waals surface area contributed by atoms with Crippen LogP contribution in [0, 0.1) is 0 Å². The molecule has 2 aromatic rings. The minimum absolute atomic E-state index is 0.132. The molecule has 0 radical (unpaired) electrons. The Bertz CT molecular complexity index is 990. The van der Waals surface area contributed by atoms with Crippen LogP contribution < -0.4 is 0 Å². The van der Waals surface area contributed by atoms with Crippen molar-refractivity contribution in [3.8, 4) is 0 Å². The summed E-state index contributed by atoms with van der Waals surface area (Å²) in [5, 5.41) is 0. The molecule has 0 bridgehead atoms. The summed E-state index contributed by atoms with van der Waals surface area (Å²) in [6.07, 6.45) is 9.04. The molecule has 2 unspecified atom stereocenters. The third-order valence-corrected chi connectivity index (χ3v) is 19.5. The molecule has 2 aliphatic rings. The molecule has 29 heavy (non-hydrogen) atoms. The Balaban J connectivity index is 1.97. The molecule has 0 aliphatic heterocycles. The van der Waals surface area contributed by atoms with E-state index < -0.39 is 12.7 Å². The molecule has 0 aromatic heterocycles. The van der Waals surface area contributed by atoms with Crippen LogP contribution in [0.25, 0.3) is 12.2 Å². The van der Waals surface area contributed by atoms with Gasteiger partial charge in [0, 0.05) is 0 Å². The molecule has 0 nitrogen and oxygen atoms in total. The average Bonchev–Trinajstić information content (AvgIpc) is 3.27. The second-order valence-corrected chi connectivity index (χ2v) is 22.9. The van der Waals surface area contributed by atoms with E-state index in [1.165, 1.54) is 33.4 Å². The van der Waals surface area contributed by atoms with Crippen molar-refractivity contribution in [2.24, 2.45) is 0 Å². The van der Waals surface area contributed by atoms with Crippen LogP contribution in [0.5, 0.6) is 0 Å². The number of benzene rings is 2. The van der Waals surface area contributed by atoms with Crippen LogP contribution in [-0.2, 0) is 12.7 Å². The van der Waals surface area contributed by atoms with Gasteiger partial charge in [0.15, 0.2) is 0 Å². The molecule has 152 valence electrons. The van der Waals surface area contributed by atoms with E-state index in [1.54, 1.807) is 0 Å². The molecular formula is C26H30Cl2Ti. The second-order valence-electron chi connectivity index (χ2n) is 8.58. The first-order valence-electron chi connectivity index (χ1n) is 10.9. The monoisotopic (exact) mass is 460 g/mol. The van der Waals surface area contributed by atoms with Crippen molar-refractivity contribution < 1.29 is 12.7 Å². The number of rotatable bonds is 6. The zero-order chi connectivity index (χ0) is 20.7. The first-order valence-corrected chi connectivity index (χ1v) is 17.9. The van der Waals surface area contributed by atoms with Gasteiger partial charge in [0.25, 0.3) is 0 Å². The van der Waals surface area contributed by atoms with Crippen LogP contribution >= 0.6 is 18.6 Å².